The lowest BCUT2D eigenvalue weighted by Crippen LogP contribution is -2.24. The van der Waals surface area contributed by atoms with Crippen LogP contribution in [0, 0.1) is 17.1 Å². The van der Waals surface area contributed by atoms with Crippen LogP contribution in [0.1, 0.15) is 26.3 Å². The van der Waals surface area contributed by atoms with Crippen LogP contribution in [0.5, 0.6) is 11.6 Å². The third-order valence-electron chi connectivity index (χ3n) is 5.18. The summed E-state index contributed by atoms with van der Waals surface area (Å²) < 4.78 is 21.4. The minimum Gasteiger partial charge on any atom is -0.496 e. The van der Waals surface area contributed by atoms with Gasteiger partial charge in [-0.15, -0.1) is 0 Å². The number of nitrogens with one attached hydrogen (secondary N) is 1. The fourth-order valence-electron chi connectivity index (χ4n) is 3.47. The van der Waals surface area contributed by atoms with Crippen molar-refractivity contribution >= 4 is 22.4 Å². The maximum atomic E-state index is 14.6. The molecular formula is C23H21FN6O2. The molecule has 9 heteroatoms. The van der Waals surface area contributed by atoms with Gasteiger partial charge in [0, 0.05) is 17.6 Å². The highest BCUT2D eigenvalue weighted by atomic mass is 19.1. The van der Waals surface area contributed by atoms with Gasteiger partial charge in [0.05, 0.1) is 47.4 Å². The van der Waals surface area contributed by atoms with Crippen LogP contribution in [-0.2, 0) is 5.54 Å². The van der Waals surface area contributed by atoms with E-state index in [1.807, 2.05) is 0 Å². The molecule has 2 N–H and O–H groups in total. The second kappa shape index (κ2) is 7.81. The van der Waals surface area contributed by atoms with Gasteiger partial charge in [0.2, 0.25) is 0 Å². The number of methoxy groups -OCH3 is 1. The van der Waals surface area contributed by atoms with E-state index in [2.05, 4.69) is 26.1 Å². The number of aliphatic imine (C=N–C) groups is 1. The van der Waals surface area contributed by atoms with Crippen molar-refractivity contribution in [3.63, 3.8) is 0 Å². The zero-order valence-electron chi connectivity index (χ0n) is 18.0. The summed E-state index contributed by atoms with van der Waals surface area (Å²) in [6.45, 7) is 5.23. The van der Waals surface area contributed by atoms with Gasteiger partial charge >= 0.3 is 0 Å². The average molecular weight is 432 g/mol. The molecule has 3 aromatic heterocycles. The van der Waals surface area contributed by atoms with Crippen LogP contribution < -0.4 is 4.74 Å². The largest absolute Gasteiger partial charge is 0.496 e. The number of aromatic hydroxyl groups is 1. The number of aromatic amines is 1. The number of aromatic nitrogens is 4. The molecule has 3 heterocycles. The monoisotopic (exact) mass is 432 g/mol. The van der Waals surface area contributed by atoms with Crippen LogP contribution in [0.2, 0.25) is 0 Å². The number of hydrogen-bond acceptors (Lipinski definition) is 6. The number of halogens is 1. The molecule has 0 unspecified atom stereocenters. The number of hydrogen-bond donors (Lipinski definition) is 2. The molecule has 0 atom stereocenters. The number of nitrogens with zero attached hydrogens (tertiary/aromatic N) is 5. The molecule has 0 saturated carbocycles. The zero-order valence-corrected chi connectivity index (χ0v) is 18.0. The highest BCUT2D eigenvalue weighted by Gasteiger charge is 2.21. The van der Waals surface area contributed by atoms with Crippen molar-refractivity contribution in [3.05, 3.63) is 54.1 Å². The maximum Gasteiger partial charge on any atom is 0.198 e. The first-order valence-electron chi connectivity index (χ1n) is 9.82. The van der Waals surface area contributed by atoms with E-state index in [0.29, 0.717) is 39.4 Å². The molecule has 0 fully saturated rings. The number of nitriles is 1. The Bertz CT molecular complexity index is 1390. The highest BCUT2D eigenvalue weighted by molar-refractivity contribution is 6.13. The van der Waals surface area contributed by atoms with Gasteiger partial charge < -0.3 is 14.8 Å². The molecule has 0 radical (unpaired) electrons. The molecule has 0 spiro atoms. The van der Waals surface area contributed by atoms with Crippen molar-refractivity contribution in [2.75, 3.05) is 7.11 Å². The summed E-state index contributed by atoms with van der Waals surface area (Å²) in [5.41, 5.74) is 1.29. The summed E-state index contributed by atoms with van der Waals surface area (Å²) in [6, 6.07) is 10.1. The standard InChI is InChI=1S/C23H21FN6O2/c1-13(27-19-8-9-30(29-19)23(2,3)12-25)20-14-10-16(26-11-17(14)28-22(20)31)21-15(24)6-5-7-18(21)32-4/h5-11,28,31H,1-4H3. The molecule has 0 bridgehead atoms. The molecule has 32 heavy (non-hydrogen) atoms. The lowest BCUT2D eigenvalue weighted by atomic mass is 10.0. The minimum absolute atomic E-state index is 0.0857. The Morgan fingerprint density at radius 3 is 2.84 bits per heavy atom. The Balaban J connectivity index is 1.82. The molecule has 0 aliphatic carbocycles. The van der Waals surface area contributed by atoms with Gasteiger partial charge in [-0.3, -0.25) is 9.67 Å². The van der Waals surface area contributed by atoms with Crippen LogP contribution in [-0.4, -0.2) is 37.7 Å². The Labute approximate surface area is 183 Å². The van der Waals surface area contributed by atoms with E-state index in [1.54, 1.807) is 51.2 Å². The second-order valence-electron chi connectivity index (χ2n) is 7.77. The highest BCUT2D eigenvalue weighted by Crippen LogP contribution is 2.35. The van der Waals surface area contributed by atoms with E-state index in [1.165, 1.54) is 24.1 Å². The van der Waals surface area contributed by atoms with Gasteiger partial charge in [-0.2, -0.15) is 10.4 Å². The summed E-state index contributed by atoms with van der Waals surface area (Å²) >= 11 is 0. The first-order valence-corrected chi connectivity index (χ1v) is 9.82. The van der Waals surface area contributed by atoms with Crippen molar-refractivity contribution < 1.29 is 14.2 Å². The smallest absolute Gasteiger partial charge is 0.198 e. The lowest BCUT2D eigenvalue weighted by Gasteiger charge is -2.14. The van der Waals surface area contributed by atoms with Gasteiger partial charge in [0.25, 0.3) is 0 Å². The summed E-state index contributed by atoms with van der Waals surface area (Å²) in [6.07, 6.45) is 3.20. The zero-order chi connectivity index (χ0) is 23.0. The topological polar surface area (TPSA) is 112 Å². The van der Waals surface area contributed by atoms with Crippen LogP contribution in [0.3, 0.4) is 0 Å². The van der Waals surface area contributed by atoms with Crippen molar-refractivity contribution in [2.24, 2.45) is 4.99 Å². The number of H-pyrrole nitrogens is 1. The number of ether oxygens (including phenoxy) is 1. The summed E-state index contributed by atoms with van der Waals surface area (Å²) in [7, 11) is 1.47. The average Bonchev–Trinajstić information content (AvgIpc) is 3.36. The molecule has 4 aromatic rings. The summed E-state index contributed by atoms with van der Waals surface area (Å²) in [5.74, 6) is 0.199. The predicted octanol–water partition coefficient (Wildman–Crippen LogP) is 4.68. The van der Waals surface area contributed by atoms with Crippen molar-refractivity contribution in [1.82, 2.24) is 19.7 Å². The lowest BCUT2D eigenvalue weighted by molar-refractivity contribution is 0.413. The molecule has 0 saturated heterocycles. The molecular weight excluding hydrogens is 411 g/mol. The molecule has 8 nitrogen and oxygen atoms in total. The van der Waals surface area contributed by atoms with E-state index in [0.717, 1.165) is 0 Å². The fraction of sp³-hybridized carbons (Fsp3) is 0.217. The van der Waals surface area contributed by atoms with Crippen molar-refractivity contribution in [1.29, 1.82) is 5.26 Å². The van der Waals surface area contributed by atoms with Gasteiger partial charge in [-0.25, -0.2) is 9.38 Å². The van der Waals surface area contributed by atoms with Crippen molar-refractivity contribution in [3.8, 4) is 29.0 Å². The predicted molar refractivity (Wildman–Crippen MR) is 119 cm³/mol. The van der Waals surface area contributed by atoms with Crippen LogP contribution in [0.25, 0.3) is 22.2 Å². The SMILES string of the molecule is COc1cccc(F)c1-c1cc2c(C(C)=Nc3ccn(C(C)(C)C#N)n3)c(O)[nH]c2cn1. The second-order valence-corrected chi connectivity index (χ2v) is 7.77. The Kier molecular flexibility index (Phi) is 5.14. The van der Waals surface area contributed by atoms with Crippen LogP contribution >= 0.6 is 0 Å². The minimum atomic E-state index is -0.815. The number of pyridine rings is 1. The maximum absolute atomic E-state index is 14.6. The quantitative estimate of drug-likeness (QED) is 0.445. The number of benzene rings is 1. The van der Waals surface area contributed by atoms with Crippen LogP contribution in [0.15, 0.2) is 47.7 Å². The molecule has 162 valence electrons. The van der Waals surface area contributed by atoms with E-state index in [-0.39, 0.29) is 11.4 Å². The van der Waals surface area contributed by atoms with Crippen molar-refractivity contribution in [2.45, 2.75) is 26.3 Å². The first-order chi connectivity index (χ1) is 15.2. The first kappa shape index (κ1) is 21.1. The van der Waals surface area contributed by atoms with E-state index in [4.69, 9.17) is 4.74 Å². The Hall–Kier alpha value is -4.19. The molecule has 0 aliphatic heterocycles. The van der Waals surface area contributed by atoms with E-state index >= 15 is 0 Å². The third-order valence-corrected chi connectivity index (χ3v) is 5.18. The molecule has 4 rings (SSSR count). The molecule has 1 aromatic carbocycles. The Morgan fingerprint density at radius 2 is 2.12 bits per heavy atom. The Morgan fingerprint density at radius 1 is 1.34 bits per heavy atom. The number of fused-ring (bicyclic) bond motifs is 1. The molecule has 0 amide bonds. The normalized spacial score (nSPS) is 12.2. The van der Waals surface area contributed by atoms with Gasteiger partial charge in [-0.05, 0) is 39.0 Å². The summed E-state index contributed by atoms with van der Waals surface area (Å²) in [5, 5.41) is 24.8. The van der Waals surface area contributed by atoms with Gasteiger partial charge in [0.1, 0.15) is 17.1 Å². The van der Waals surface area contributed by atoms with E-state index in [9.17, 15) is 14.8 Å². The van der Waals surface area contributed by atoms with E-state index < -0.39 is 11.4 Å². The third kappa shape index (κ3) is 3.56. The summed E-state index contributed by atoms with van der Waals surface area (Å²) in [4.78, 5) is 11.7. The molecule has 0 aliphatic rings. The fourth-order valence-corrected chi connectivity index (χ4v) is 3.47. The van der Waals surface area contributed by atoms with Gasteiger partial charge in [-0.1, -0.05) is 6.07 Å². The van der Waals surface area contributed by atoms with Gasteiger partial charge in [0.15, 0.2) is 11.7 Å². The number of rotatable bonds is 5. The van der Waals surface area contributed by atoms with Crippen LogP contribution in [0.4, 0.5) is 10.2 Å².